The van der Waals surface area contributed by atoms with Crippen molar-refractivity contribution in [2.45, 2.75) is 25.4 Å². The quantitative estimate of drug-likeness (QED) is 0.920. The third-order valence-corrected chi connectivity index (χ3v) is 4.62. The van der Waals surface area contributed by atoms with Gasteiger partial charge in [-0.15, -0.1) is 0 Å². The molecule has 3 rings (SSSR count). The number of hydrogen-bond donors (Lipinski definition) is 1. The molecule has 132 valence electrons. The molecule has 0 saturated carbocycles. The number of carbonyl (C=O) groups is 1. The van der Waals surface area contributed by atoms with Crippen molar-refractivity contribution in [3.05, 3.63) is 54.0 Å². The van der Waals surface area contributed by atoms with Gasteiger partial charge in [0.2, 0.25) is 0 Å². The van der Waals surface area contributed by atoms with Crippen LogP contribution < -0.4 is 4.90 Å². The van der Waals surface area contributed by atoms with Crippen LogP contribution in [-0.4, -0.2) is 58.2 Å². The zero-order valence-corrected chi connectivity index (χ0v) is 14.7. The Morgan fingerprint density at radius 1 is 1.28 bits per heavy atom. The number of amides is 1. The molecule has 0 radical (unpaired) electrons. The fraction of sp³-hybridized carbons (Fsp3) is 0.421. The van der Waals surface area contributed by atoms with E-state index in [-0.39, 0.29) is 12.5 Å². The summed E-state index contributed by atoms with van der Waals surface area (Å²) in [6.45, 7) is 3.45. The Hall–Kier alpha value is -2.47. The maximum absolute atomic E-state index is 12.7. The Labute approximate surface area is 148 Å². The molecule has 1 N–H and O–H groups in total. The molecule has 6 heteroatoms. The van der Waals surface area contributed by atoms with Crippen molar-refractivity contribution in [3.8, 4) is 0 Å². The first-order valence-corrected chi connectivity index (χ1v) is 8.54. The number of anilines is 1. The molecule has 0 aliphatic carbocycles. The molecule has 1 fully saturated rings. The number of hydrogen-bond acceptors (Lipinski definition) is 5. The molecule has 1 unspecified atom stereocenters. The van der Waals surface area contributed by atoms with Gasteiger partial charge in [-0.25, -0.2) is 4.98 Å². The fourth-order valence-corrected chi connectivity index (χ4v) is 3.38. The number of nitrogens with zero attached hydrogens (tertiary/aromatic N) is 4. The van der Waals surface area contributed by atoms with Gasteiger partial charge in [-0.2, -0.15) is 0 Å². The lowest BCUT2D eigenvalue weighted by atomic mass is 9.92. The highest BCUT2D eigenvalue weighted by molar-refractivity contribution is 5.93. The van der Waals surface area contributed by atoms with Crippen LogP contribution in [0.25, 0.3) is 0 Å². The highest BCUT2D eigenvalue weighted by Gasteiger charge is 2.36. The highest BCUT2D eigenvalue weighted by atomic mass is 16.3. The molecular formula is C19H24N4O2. The van der Waals surface area contributed by atoms with Gasteiger partial charge < -0.3 is 14.9 Å². The Bertz CT molecular complexity index is 737. The molecule has 2 aromatic heterocycles. The van der Waals surface area contributed by atoms with E-state index >= 15 is 0 Å². The third-order valence-electron chi connectivity index (χ3n) is 4.62. The van der Waals surface area contributed by atoms with Gasteiger partial charge in [0.25, 0.3) is 5.91 Å². The third kappa shape index (κ3) is 3.96. The minimum atomic E-state index is -0.955. The molecule has 1 amide bonds. The number of aliphatic hydroxyl groups is 1. The van der Waals surface area contributed by atoms with Crippen LogP contribution in [0.1, 0.15) is 28.9 Å². The summed E-state index contributed by atoms with van der Waals surface area (Å²) in [4.78, 5) is 24.9. The summed E-state index contributed by atoms with van der Waals surface area (Å²) in [5.74, 6) is 0.691. The average molecular weight is 340 g/mol. The topological polar surface area (TPSA) is 69.6 Å². The normalized spacial score (nSPS) is 20.4. The minimum Gasteiger partial charge on any atom is -0.386 e. The Morgan fingerprint density at radius 3 is 2.80 bits per heavy atom. The molecule has 6 nitrogen and oxygen atoms in total. The van der Waals surface area contributed by atoms with E-state index in [4.69, 9.17) is 0 Å². The number of aromatic nitrogens is 2. The van der Waals surface area contributed by atoms with Crippen LogP contribution >= 0.6 is 0 Å². The molecule has 0 aromatic carbocycles. The SMILES string of the molecule is Cc1cccnc1C(=O)N(C)CC1(O)CCCN(c2ccccn2)C1. The van der Waals surface area contributed by atoms with Crippen molar-refractivity contribution in [1.82, 2.24) is 14.9 Å². The maximum Gasteiger partial charge on any atom is 0.272 e. The lowest BCUT2D eigenvalue weighted by molar-refractivity contribution is -0.000301. The second-order valence-electron chi connectivity index (χ2n) is 6.77. The summed E-state index contributed by atoms with van der Waals surface area (Å²) >= 11 is 0. The van der Waals surface area contributed by atoms with E-state index in [9.17, 15) is 9.90 Å². The highest BCUT2D eigenvalue weighted by Crippen LogP contribution is 2.25. The van der Waals surface area contributed by atoms with E-state index < -0.39 is 5.60 Å². The van der Waals surface area contributed by atoms with Crippen LogP contribution in [0.5, 0.6) is 0 Å². The van der Waals surface area contributed by atoms with Gasteiger partial charge in [-0.05, 0) is 43.5 Å². The zero-order chi connectivity index (χ0) is 17.9. The van der Waals surface area contributed by atoms with Crippen LogP contribution in [0.3, 0.4) is 0 Å². The van der Waals surface area contributed by atoms with Crippen LogP contribution in [-0.2, 0) is 0 Å². The number of rotatable bonds is 4. The maximum atomic E-state index is 12.7. The van der Waals surface area contributed by atoms with E-state index in [0.29, 0.717) is 18.7 Å². The second-order valence-corrected chi connectivity index (χ2v) is 6.77. The molecule has 0 spiro atoms. The second kappa shape index (κ2) is 7.19. The van der Waals surface area contributed by atoms with Crippen LogP contribution in [0.4, 0.5) is 5.82 Å². The number of carbonyl (C=O) groups excluding carboxylic acids is 1. The molecular weight excluding hydrogens is 316 g/mol. The van der Waals surface area contributed by atoms with Crippen LogP contribution in [0.2, 0.25) is 0 Å². The van der Waals surface area contributed by atoms with Crippen LogP contribution in [0, 0.1) is 6.92 Å². The monoisotopic (exact) mass is 340 g/mol. The molecule has 1 aliphatic rings. The Balaban J connectivity index is 1.70. The van der Waals surface area contributed by atoms with Gasteiger partial charge in [0.05, 0.1) is 12.1 Å². The molecule has 1 aliphatic heterocycles. The molecule has 2 aromatic rings. The summed E-state index contributed by atoms with van der Waals surface area (Å²) in [7, 11) is 1.72. The Kier molecular flexibility index (Phi) is 4.99. The molecule has 1 atom stereocenters. The zero-order valence-electron chi connectivity index (χ0n) is 14.7. The van der Waals surface area contributed by atoms with Gasteiger partial charge in [0, 0.05) is 32.5 Å². The van der Waals surface area contributed by atoms with Gasteiger partial charge >= 0.3 is 0 Å². The first kappa shape index (κ1) is 17.4. The summed E-state index contributed by atoms with van der Waals surface area (Å²) in [5.41, 5.74) is 0.319. The number of pyridine rings is 2. The summed E-state index contributed by atoms with van der Waals surface area (Å²) < 4.78 is 0. The summed E-state index contributed by atoms with van der Waals surface area (Å²) in [6.07, 6.45) is 4.89. The van der Waals surface area contributed by atoms with E-state index in [1.54, 1.807) is 24.3 Å². The lowest BCUT2D eigenvalue weighted by Crippen LogP contribution is -2.55. The smallest absolute Gasteiger partial charge is 0.272 e. The van der Waals surface area contributed by atoms with Gasteiger partial charge in [0.15, 0.2) is 0 Å². The van der Waals surface area contributed by atoms with Crippen molar-refractivity contribution in [3.63, 3.8) is 0 Å². The number of likely N-dealkylation sites (N-methyl/N-ethyl adjacent to an activating group) is 1. The summed E-state index contributed by atoms with van der Waals surface area (Å²) in [5, 5.41) is 11.1. The standard InChI is InChI=1S/C19H24N4O2/c1-15-7-5-11-21-17(15)18(24)22(2)13-19(25)9-6-12-23(14-19)16-8-3-4-10-20-16/h3-5,7-8,10-11,25H,6,9,12-14H2,1-2H3. The summed E-state index contributed by atoms with van der Waals surface area (Å²) in [6, 6.07) is 9.44. The van der Waals surface area contributed by atoms with Crippen molar-refractivity contribution >= 4 is 11.7 Å². The average Bonchev–Trinajstić information content (AvgIpc) is 2.62. The van der Waals surface area contributed by atoms with E-state index in [2.05, 4.69) is 14.9 Å². The predicted molar refractivity (Wildman–Crippen MR) is 96.6 cm³/mol. The molecule has 1 saturated heterocycles. The van der Waals surface area contributed by atoms with E-state index in [1.807, 2.05) is 37.3 Å². The van der Waals surface area contributed by atoms with Gasteiger partial charge in [-0.1, -0.05) is 12.1 Å². The largest absolute Gasteiger partial charge is 0.386 e. The fourth-order valence-electron chi connectivity index (χ4n) is 3.38. The van der Waals surface area contributed by atoms with Gasteiger partial charge in [0.1, 0.15) is 11.5 Å². The molecule has 0 bridgehead atoms. The van der Waals surface area contributed by atoms with E-state index in [0.717, 1.165) is 24.3 Å². The number of piperidine rings is 1. The number of β-amino-alcohol motifs (C(OH)–C–C–N with tert-alkyl or cyclic N) is 1. The van der Waals surface area contributed by atoms with Crippen molar-refractivity contribution < 1.29 is 9.90 Å². The molecule has 3 heterocycles. The Morgan fingerprint density at radius 2 is 2.08 bits per heavy atom. The van der Waals surface area contributed by atoms with Crippen LogP contribution in [0.15, 0.2) is 42.7 Å². The first-order valence-electron chi connectivity index (χ1n) is 8.54. The van der Waals surface area contributed by atoms with E-state index in [1.165, 1.54) is 0 Å². The number of aryl methyl sites for hydroxylation is 1. The lowest BCUT2D eigenvalue weighted by Gasteiger charge is -2.41. The predicted octanol–water partition coefficient (Wildman–Crippen LogP) is 1.89. The minimum absolute atomic E-state index is 0.165. The van der Waals surface area contributed by atoms with Gasteiger partial charge in [-0.3, -0.25) is 9.78 Å². The first-order chi connectivity index (χ1) is 12.0. The van der Waals surface area contributed by atoms with Crippen molar-refractivity contribution in [1.29, 1.82) is 0 Å². The van der Waals surface area contributed by atoms with Crippen molar-refractivity contribution in [2.75, 3.05) is 31.6 Å². The molecule has 25 heavy (non-hydrogen) atoms. The van der Waals surface area contributed by atoms with Crippen molar-refractivity contribution in [2.24, 2.45) is 0 Å².